The number of hydrogen-bond donors (Lipinski definition) is 2. The molecule has 0 fully saturated rings. The van der Waals surface area contributed by atoms with Gasteiger partial charge in [-0.05, 0) is 30.7 Å². The largest absolute Gasteiger partial charge is 0.350 e. The van der Waals surface area contributed by atoms with E-state index in [9.17, 15) is 9.18 Å². The zero-order valence-corrected chi connectivity index (χ0v) is 16.3. The predicted molar refractivity (Wildman–Crippen MR) is 106 cm³/mol. The smallest absolute Gasteiger partial charge is 0.338 e. The number of halogens is 2. The Bertz CT molecular complexity index is 966. The Kier molecular flexibility index (Phi) is 6.90. The van der Waals surface area contributed by atoms with Gasteiger partial charge in [-0.15, -0.1) is 12.4 Å². The molecule has 2 aromatic rings. The molecule has 28 heavy (non-hydrogen) atoms. The first-order valence-electron chi connectivity index (χ1n) is 8.31. The lowest BCUT2D eigenvalue weighted by Crippen LogP contribution is -2.54. The van der Waals surface area contributed by atoms with Crippen LogP contribution in [-0.2, 0) is 17.1 Å². The summed E-state index contributed by atoms with van der Waals surface area (Å²) in [6, 6.07) is 3.71. The van der Waals surface area contributed by atoms with Gasteiger partial charge in [0.1, 0.15) is 6.33 Å². The zero-order chi connectivity index (χ0) is 19.4. The Morgan fingerprint density at radius 1 is 1.46 bits per heavy atom. The number of hydrogen-bond acceptors (Lipinski definition) is 6. The van der Waals surface area contributed by atoms with E-state index in [-0.39, 0.29) is 31.1 Å². The van der Waals surface area contributed by atoms with Crippen molar-refractivity contribution in [3.05, 3.63) is 76.5 Å². The van der Waals surface area contributed by atoms with Crippen LogP contribution < -0.4 is 16.7 Å². The summed E-state index contributed by atoms with van der Waals surface area (Å²) in [6.45, 7) is 1.80. The van der Waals surface area contributed by atoms with Gasteiger partial charge in [-0.3, -0.25) is 4.98 Å². The van der Waals surface area contributed by atoms with Crippen molar-refractivity contribution in [3.8, 4) is 0 Å². The highest BCUT2D eigenvalue weighted by Crippen LogP contribution is 2.30. The van der Waals surface area contributed by atoms with E-state index in [1.807, 2.05) is 31.2 Å². The van der Waals surface area contributed by atoms with E-state index in [1.165, 1.54) is 18.0 Å². The lowest BCUT2D eigenvalue weighted by Gasteiger charge is -2.38. The standard InChI is InChI=1S/C18H21FN6O2.ClH/c1-13-5-6-16(15-4-3-7-21-10-15)23-18(13,27-2)24-12-22-25(17(24)26)11-14(8-19)9-20;/h3-8,10,12,23H,9,11,20H2,1-2H3;1H/b14-8+;. The van der Waals surface area contributed by atoms with Crippen LogP contribution in [0.3, 0.4) is 0 Å². The van der Waals surface area contributed by atoms with Crippen LogP contribution in [0.25, 0.3) is 5.70 Å². The highest BCUT2D eigenvalue weighted by molar-refractivity contribution is 5.85. The van der Waals surface area contributed by atoms with Crippen molar-refractivity contribution in [1.82, 2.24) is 24.6 Å². The van der Waals surface area contributed by atoms with Crippen molar-refractivity contribution in [2.45, 2.75) is 19.3 Å². The molecule has 0 saturated heterocycles. The monoisotopic (exact) mass is 408 g/mol. The summed E-state index contributed by atoms with van der Waals surface area (Å²) in [4.78, 5) is 17.0. The average molecular weight is 409 g/mol. The summed E-state index contributed by atoms with van der Waals surface area (Å²) in [5.74, 6) is -1.27. The van der Waals surface area contributed by atoms with E-state index < -0.39 is 11.5 Å². The molecule has 8 nitrogen and oxygen atoms in total. The normalized spacial score (nSPS) is 19.4. The number of nitrogens with two attached hydrogens (primary N) is 1. The van der Waals surface area contributed by atoms with Gasteiger partial charge in [-0.25, -0.2) is 18.4 Å². The SMILES string of the molecule is COC1(n2cnn(C/C(=C/F)CN)c2=O)NC(c2cccnc2)=CC=C1C.Cl. The first kappa shape index (κ1) is 21.5. The van der Waals surface area contributed by atoms with Crippen molar-refractivity contribution in [2.24, 2.45) is 5.73 Å². The molecule has 1 aliphatic rings. The lowest BCUT2D eigenvalue weighted by atomic mass is 10.0. The third-order valence-corrected chi connectivity index (χ3v) is 4.45. The van der Waals surface area contributed by atoms with Gasteiger partial charge in [0.15, 0.2) is 0 Å². The van der Waals surface area contributed by atoms with Gasteiger partial charge in [-0.2, -0.15) is 5.10 Å². The van der Waals surface area contributed by atoms with Crippen molar-refractivity contribution in [2.75, 3.05) is 13.7 Å². The fourth-order valence-electron chi connectivity index (χ4n) is 2.89. The van der Waals surface area contributed by atoms with Gasteiger partial charge in [-0.1, -0.05) is 6.08 Å². The molecule has 3 N–H and O–H groups in total. The van der Waals surface area contributed by atoms with Gasteiger partial charge >= 0.3 is 5.69 Å². The molecule has 0 amide bonds. The maximum atomic E-state index is 12.9. The molecule has 0 bridgehead atoms. The second-order valence-corrected chi connectivity index (χ2v) is 6.06. The zero-order valence-electron chi connectivity index (χ0n) is 15.5. The van der Waals surface area contributed by atoms with E-state index in [4.69, 9.17) is 10.5 Å². The van der Waals surface area contributed by atoms with E-state index in [0.717, 1.165) is 21.5 Å². The summed E-state index contributed by atoms with van der Waals surface area (Å²) < 4.78 is 21.0. The molecule has 3 rings (SSSR count). The van der Waals surface area contributed by atoms with Crippen LogP contribution in [0.1, 0.15) is 12.5 Å². The summed E-state index contributed by atoms with van der Waals surface area (Å²) in [6.07, 6.45) is 8.88. The molecule has 2 aromatic heterocycles. The molecule has 0 aliphatic carbocycles. The summed E-state index contributed by atoms with van der Waals surface area (Å²) in [5.41, 5.74) is 7.60. The maximum Gasteiger partial charge on any atom is 0.350 e. The molecule has 1 aliphatic heterocycles. The first-order valence-corrected chi connectivity index (χ1v) is 8.31. The van der Waals surface area contributed by atoms with Crippen molar-refractivity contribution < 1.29 is 9.13 Å². The Balaban J connectivity index is 0.00000280. The molecule has 1 atom stereocenters. The predicted octanol–water partition coefficient (Wildman–Crippen LogP) is 1.52. The van der Waals surface area contributed by atoms with Crippen LogP contribution in [0.15, 0.2) is 65.3 Å². The molecule has 1 unspecified atom stereocenters. The summed E-state index contributed by atoms with van der Waals surface area (Å²) >= 11 is 0. The Labute approximate surface area is 167 Å². The Morgan fingerprint density at radius 3 is 2.86 bits per heavy atom. The first-order chi connectivity index (χ1) is 13.1. The number of aromatic nitrogens is 4. The molecule has 3 heterocycles. The second kappa shape index (κ2) is 8.96. The van der Waals surface area contributed by atoms with Crippen molar-refractivity contribution in [3.63, 3.8) is 0 Å². The third kappa shape index (κ3) is 3.77. The van der Waals surface area contributed by atoms with Crippen LogP contribution in [0.2, 0.25) is 0 Å². The second-order valence-electron chi connectivity index (χ2n) is 6.06. The third-order valence-electron chi connectivity index (χ3n) is 4.45. The quantitative estimate of drug-likeness (QED) is 0.751. The fourth-order valence-corrected chi connectivity index (χ4v) is 2.89. The molecule has 150 valence electrons. The molecule has 10 heteroatoms. The lowest BCUT2D eigenvalue weighted by molar-refractivity contribution is -0.0650. The van der Waals surface area contributed by atoms with Gasteiger partial charge < -0.3 is 15.8 Å². The molecule has 0 radical (unpaired) electrons. The highest BCUT2D eigenvalue weighted by atomic mass is 35.5. The molecule has 0 saturated carbocycles. The fraction of sp³-hybridized carbons (Fsp3) is 0.278. The van der Waals surface area contributed by atoms with Gasteiger partial charge in [0.2, 0.25) is 0 Å². The molecular formula is C18H22ClFN6O2. The van der Waals surface area contributed by atoms with Crippen LogP contribution in [0.4, 0.5) is 4.39 Å². The highest BCUT2D eigenvalue weighted by Gasteiger charge is 2.39. The molecular weight excluding hydrogens is 387 g/mol. The number of nitrogens with one attached hydrogen (secondary N) is 1. The van der Waals surface area contributed by atoms with Gasteiger partial charge in [0.25, 0.3) is 5.85 Å². The van der Waals surface area contributed by atoms with Crippen LogP contribution in [-0.4, -0.2) is 33.0 Å². The van der Waals surface area contributed by atoms with Crippen LogP contribution in [0.5, 0.6) is 0 Å². The molecule has 0 aromatic carbocycles. The summed E-state index contributed by atoms with van der Waals surface area (Å²) in [5, 5.41) is 7.34. The van der Waals surface area contributed by atoms with Crippen molar-refractivity contribution >= 4 is 18.1 Å². The number of pyridine rings is 1. The average Bonchev–Trinajstić information content (AvgIpc) is 3.08. The number of rotatable bonds is 6. The minimum atomic E-state index is -1.27. The van der Waals surface area contributed by atoms with Crippen LogP contribution >= 0.6 is 12.4 Å². The van der Waals surface area contributed by atoms with E-state index in [2.05, 4.69) is 15.4 Å². The van der Waals surface area contributed by atoms with E-state index in [0.29, 0.717) is 6.33 Å². The topological polar surface area (TPSA) is 100.0 Å². The number of ether oxygens (including phenoxy) is 1. The number of methoxy groups -OCH3 is 1. The summed E-state index contributed by atoms with van der Waals surface area (Å²) in [7, 11) is 1.49. The Hall–Kier alpha value is -2.75. The van der Waals surface area contributed by atoms with E-state index in [1.54, 1.807) is 12.4 Å². The number of nitrogens with zero attached hydrogens (tertiary/aromatic N) is 4. The minimum Gasteiger partial charge on any atom is -0.338 e. The number of allylic oxidation sites excluding steroid dienone is 2. The minimum absolute atomic E-state index is 0. The van der Waals surface area contributed by atoms with E-state index >= 15 is 0 Å². The molecule has 0 spiro atoms. The van der Waals surface area contributed by atoms with Gasteiger partial charge in [0, 0.05) is 42.9 Å². The maximum absolute atomic E-state index is 12.9. The van der Waals surface area contributed by atoms with Crippen LogP contribution in [0, 0.1) is 0 Å². The number of dihydropyridines is 1. The van der Waals surface area contributed by atoms with Crippen molar-refractivity contribution in [1.29, 1.82) is 0 Å². The van der Waals surface area contributed by atoms with Gasteiger partial charge in [0.05, 0.1) is 12.9 Å². The Morgan fingerprint density at radius 2 is 2.25 bits per heavy atom.